The first-order chi connectivity index (χ1) is 9.36. The van der Waals surface area contributed by atoms with Crippen molar-refractivity contribution in [1.82, 2.24) is 15.0 Å². The molecule has 0 spiro atoms. The summed E-state index contributed by atoms with van der Waals surface area (Å²) in [6.45, 7) is 0.335. The topological polar surface area (TPSA) is 73.9 Å². The van der Waals surface area contributed by atoms with Crippen LogP contribution in [-0.2, 0) is 6.54 Å². The van der Waals surface area contributed by atoms with E-state index in [1.807, 2.05) is 30.3 Å². The summed E-state index contributed by atoms with van der Waals surface area (Å²) in [5, 5.41) is 0.935. The van der Waals surface area contributed by atoms with E-state index >= 15 is 0 Å². The van der Waals surface area contributed by atoms with E-state index < -0.39 is 0 Å². The second-order valence-corrected chi connectivity index (χ2v) is 3.98. The summed E-state index contributed by atoms with van der Waals surface area (Å²) in [5.41, 5.74) is 7.10. The van der Waals surface area contributed by atoms with E-state index in [1.165, 1.54) is 0 Å². The van der Waals surface area contributed by atoms with Crippen molar-refractivity contribution in [3.63, 3.8) is 0 Å². The molecule has 0 unspecified atom stereocenters. The Morgan fingerprint density at radius 2 is 2.05 bits per heavy atom. The molecular weight excluding hydrogens is 240 g/mol. The highest BCUT2D eigenvalue weighted by atomic mass is 16.5. The summed E-state index contributed by atoms with van der Waals surface area (Å²) < 4.78 is 5.76. The van der Waals surface area contributed by atoms with Gasteiger partial charge in [0.2, 0.25) is 5.88 Å². The van der Waals surface area contributed by atoms with Crippen LogP contribution in [0.15, 0.2) is 48.9 Å². The molecular formula is C14H12N4O. The first-order valence-electron chi connectivity index (χ1n) is 5.89. The molecule has 0 atom stereocenters. The zero-order chi connectivity index (χ0) is 13.1. The third kappa shape index (κ3) is 2.36. The fraction of sp³-hybridized carbons (Fsp3) is 0.0714. The molecule has 5 heteroatoms. The molecule has 3 rings (SSSR count). The molecule has 0 aliphatic heterocycles. The number of rotatable bonds is 3. The van der Waals surface area contributed by atoms with Crippen LogP contribution < -0.4 is 10.5 Å². The summed E-state index contributed by atoms with van der Waals surface area (Å²) >= 11 is 0. The van der Waals surface area contributed by atoms with Crippen LogP contribution in [0.4, 0.5) is 0 Å². The van der Waals surface area contributed by atoms with Crippen LogP contribution in [0.5, 0.6) is 11.6 Å². The van der Waals surface area contributed by atoms with Gasteiger partial charge in [-0.25, -0.2) is 4.98 Å². The molecule has 2 N–H and O–H groups in total. The minimum absolute atomic E-state index is 0.335. The number of fused-ring (bicyclic) bond motifs is 1. The number of nitrogens with zero attached hydrogens (tertiary/aromatic N) is 3. The van der Waals surface area contributed by atoms with Gasteiger partial charge in [0.25, 0.3) is 0 Å². The summed E-state index contributed by atoms with van der Waals surface area (Å²) in [6, 6.07) is 9.53. The van der Waals surface area contributed by atoms with Crippen LogP contribution >= 0.6 is 0 Å². The minimum Gasteiger partial charge on any atom is -0.437 e. The SMILES string of the molecule is NCc1cncc(Oc2cccc3ncccc23)n1. The van der Waals surface area contributed by atoms with Gasteiger partial charge in [-0.15, -0.1) is 0 Å². The molecule has 0 bridgehead atoms. The van der Waals surface area contributed by atoms with Crippen molar-refractivity contribution in [2.75, 3.05) is 0 Å². The molecule has 0 radical (unpaired) electrons. The number of benzene rings is 1. The van der Waals surface area contributed by atoms with E-state index in [0.717, 1.165) is 10.9 Å². The maximum atomic E-state index is 5.76. The van der Waals surface area contributed by atoms with Gasteiger partial charge < -0.3 is 10.5 Å². The molecule has 0 aliphatic rings. The molecule has 0 amide bonds. The Bertz CT molecular complexity index is 709. The predicted octanol–water partition coefficient (Wildman–Crippen LogP) is 2.28. The van der Waals surface area contributed by atoms with E-state index in [1.54, 1.807) is 18.6 Å². The molecule has 0 fully saturated rings. The zero-order valence-electron chi connectivity index (χ0n) is 10.2. The third-order valence-electron chi connectivity index (χ3n) is 2.69. The van der Waals surface area contributed by atoms with Gasteiger partial charge in [-0.05, 0) is 24.3 Å². The average Bonchev–Trinajstić information content (AvgIpc) is 2.48. The predicted molar refractivity (Wildman–Crippen MR) is 71.7 cm³/mol. The smallest absolute Gasteiger partial charge is 0.238 e. The molecule has 2 aromatic heterocycles. The number of hydrogen-bond acceptors (Lipinski definition) is 5. The lowest BCUT2D eigenvalue weighted by Crippen LogP contribution is -2.01. The van der Waals surface area contributed by atoms with Crippen LogP contribution in [0.3, 0.4) is 0 Å². The van der Waals surface area contributed by atoms with Crippen molar-refractivity contribution >= 4 is 10.9 Å². The number of ether oxygens (including phenoxy) is 1. The lowest BCUT2D eigenvalue weighted by Gasteiger charge is -2.07. The normalized spacial score (nSPS) is 10.6. The molecule has 0 aliphatic carbocycles. The van der Waals surface area contributed by atoms with Crippen LogP contribution in [0, 0.1) is 0 Å². The molecule has 19 heavy (non-hydrogen) atoms. The van der Waals surface area contributed by atoms with Gasteiger partial charge in [0.05, 0.1) is 17.4 Å². The minimum atomic E-state index is 0.335. The quantitative estimate of drug-likeness (QED) is 0.774. The van der Waals surface area contributed by atoms with Crippen molar-refractivity contribution in [2.24, 2.45) is 5.73 Å². The van der Waals surface area contributed by atoms with Crippen LogP contribution in [0.25, 0.3) is 10.9 Å². The first kappa shape index (κ1) is 11.6. The van der Waals surface area contributed by atoms with E-state index in [2.05, 4.69) is 15.0 Å². The van der Waals surface area contributed by atoms with Crippen LogP contribution in [0.2, 0.25) is 0 Å². The van der Waals surface area contributed by atoms with E-state index in [-0.39, 0.29) is 0 Å². The number of aromatic nitrogens is 3. The van der Waals surface area contributed by atoms with Gasteiger partial charge in [0, 0.05) is 24.3 Å². The van der Waals surface area contributed by atoms with Crippen molar-refractivity contribution in [1.29, 1.82) is 0 Å². The van der Waals surface area contributed by atoms with Crippen molar-refractivity contribution in [3.05, 3.63) is 54.6 Å². The Morgan fingerprint density at radius 1 is 1.11 bits per heavy atom. The summed E-state index contributed by atoms with van der Waals surface area (Å²) in [4.78, 5) is 12.6. The number of pyridine rings is 1. The Balaban J connectivity index is 2.01. The van der Waals surface area contributed by atoms with Crippen molar-refractivity contribution in [2.45, 2.75) is 6.54 Å². The van der Waals surface area contributed by atoms with Gasteiger partial charge in [-0.2, -0.15) is 0 Å². The van der Waals surface area contributed by atoms with E-state index in [4.69, 9.17) is 10.5 Å². The Labute approximate surface area is 110 Å². The van der Waals surface area contributed by atoms with E-state index in [9.17, 15) is 0 Å². The lowest BCUT2D eigenvalue weighted by atomic mass is 10.2. The van der Waals surface area contributed by atoms with Gasteiger partial charge in [-0.3, -0.25) is 9.97 Å². The van der Waals surface area contributed by atoms with Gasteiger partial charge in [0.15, 0.2) is 0 Å². The van der Waals surface area contributed by atoms with Crippen molar-refractivity contribution in [3.8, 4) is 11.6 Å². The second-order valence-electron chi connectivity index (χ2n) is 3.98. The molecule has 2 heterocycles. The molecule has 1 aromatic carbocycles. The highest BCUT2D eigenvalue weighted by molar-refractivity contribution is 5.85. The maximum Gasteiger partial charge on any atom is 0.238 e. The first-order valence-corrected chi connectivity index (χ1v) is 5.89. The number of hydrogen-bond donors (Lipinski definition) is 1. The summed E-state index contributed by atoms with van der Waals surface area (Å²) in [5.74, 6) is 1.13. The average molecular weight is 252 g/mol. The molecule has 0 saturated carbocycles. The Kier molecular flexibility index (Phi) is 3.04. The largest absolute Gasteiger partial charge is 0.437 e. The summed E-state index contributed by atoms with van der Waals surface area (Å²) in [6.07, 6.45) is 4.94. The maximum absolute atomic E-state index is 5.76. The van der Waals surface area contributed by atoms with E-state index in [0.29, 0.717) is 23.9 Å². The standard InChI is InChI=1S/C14H12N4O/c15-7-10-8-16-9-14(18-10)19-13-5-1-4-12-11(13)3-2-6-17-12/h1-6,8-9H,7,15H2. The summed E-state index contributed by atoms with van der Waals surface area (Å²) in [7, 11) is 0. The van der Waals surface area contributed by atoms with Crippen LogP contribution in [-0.4, -0.2) is 15.0 Å². The monoisotopic (exact) mass is 252 g/mol. The highest BCUT2D eigenvalue weighted by Crippen LogP contribution is 2.27. The Hall–Kier alpha value is -2.53. The van der Waals surface area contributed by atoms with Gasteiger partial charge in [0.1, 0.15) is 5.75 Å². The second kappa shape index (κ2) is 4.99. The molecule has 94 valence electrons. The zero-order valence-corrected chi connectivity index (χ0v) is 10.2. The Morgan fingerprint density at radius 3 is 2.95 bits per heavy atom. The van der Waals surface area contributed by atoms with Gasteiger partial charge in [-0.1, -0.05) is 6.07 Å². The number of nitrogens with two attached hydrogens (primary N) is 1. The fourth-order valence-corrected chi connectivity index (χ4v) is 1.81. The molecule has 5 nitrogen and oxygen atoms in total. The van der Waals surface area contributed by atoms with Gasteiger partial charge >= 0.3 is 0 Å². The highest BCUT2D eigenvalue weighted by Gasteiger charge is 2.05. The van der Waals surface area contributed by atoms with Crippen LogP contribution in [0.1, 0.15) is 5.69 Å². The molecule has 3 aromatic rings. The fourth-order valence-electron chi connectivity index (χ4n) is 1.81. The molecule has 0 saturated heterocycles. The van der Waals surface area contributed by atoms with Crippen molar-refractivity contribution < 1.29 is 4.74 Å². The third-order valence-corrected chi connectivity index (χ3v) is 2.69. The lowest BCUT2D eigenvalue weighted by molar-refractivity contribution is 0.462.